The third-order valence-electron chi connectivity index (χ3n) is 4.70. The van der Waals surface area contributed by atoms with Gasteiger partial charge >= 0.3 is 0 Å². The van der Waals surface area contributed by atoms with E-state index in [1.54, 1.807) is 0 Å². The zero-order valence-corrected chi connectivity index (χ0v) is 14.8. The maximum Gasteiger partial charge on any atom is 0.226 e. The lowest BCUT2D eigenvalue weighted by Crippen LogP contribution is -2.34. The molecule has 0 aromatic heterocycles. The van der Waals surface area contributed by atoms with Crippen LogP contribution in [0.25, 0.3) is 0 Å². The van der Waals surface area contributed by atoms with E-state index in [-0.39, 0.29) is 11.8 Å². The molecule has 2 fully saturated rings. The third-order valence-corrected chi connectivity index (χ3v) is 4.70. The molecule has 0 bridgehead atoms. The molecule has 1 N–H and O–H groups in total. The molecule has 2 amide bonds. The summed E-state index contributed by atoms with van der Waals surface area (Å²) in [7, 11) is 4.01. The van der Waals surface area contributed by atoms with Crippen molar-refractivity contribution in [1.82, 2.24) is 4.90 Å². The van der Waals surface area contributed by atoms with Crippen LogP contribution in [0.3, 0.4) is 0 Å². The van der Waals surface area contributed by atoms with E-state index in [1.807, 2.05) is 39.2 Å². The number of nitrogens with zero attached hydrogens (tertiary/aromatic N) is 2. The Labute approximate surface area is 144 Å². The minimum absolute atomic E-state index is 0.00617. The standard InChI is InChI=1S/C19H27N3O2/c1-4-18(23)20-15-7-10-17(21(2)3)14(11-15)12-22(16-8-9-16)19(24)13-5-6-13/h7,10-11,13,16H,4-6,8-9,12H2,1-3H3,(H,20,23). The lowest BCUT2D eigenvalue weighted by molar-refractivity contribution is -0.133. The number of carbonyl (C=O) groups excluding carboxylic acids is 2. The largest absolute Gasteiger partial charge is 0.377 e. The fraction of sp³-hybridized carbons (Fsp3) is 0.579. The lowest BCUT2D eigenvalue weighted by Gasteiger charge is -2.26. The van der Waals surface area contributed by atoms with Crippen LogP contribution in [-0.2, 0) is 16.1 Å². The van der Waals surface area contributed by atoms with Gasteiger partial charge in [0.25, 0.3) is 0 Å². The van der Waals surface area contributed by atoms with Crippen molar-refractivity contribution in [3.63, 3.8) is 0 Å². The molecule has 0 aliphatic heterocycles. The summed E-state index contributed by atoms with van der Waals surface area (Å²) in [6, 6.07) is 6.37. The molecule has 130 valence electrons. The number of hydrogen-bond acceptors (Lipinski definition) is 3. The monoisotopic (exact) mass is 329 g/mol. The van der Waals surface area contributed by atoms with Crippen molar-refractivity contribution in [2.75, 3.05) is 24.3 Å². The molecule has 2 aliphatic carbocycles. The zero-order chi connectivity index (χ0) is 17.3. The molecule has 5 heteroatoms. The third kappa shape index (κ3) is 3.89. The molecule has 2 aliphatic rings. The molecule has 0 atom stereocenters. The summed E-state index contributed by atoms with van der Waals surface area (Å²) in [4.78, 5) is 28.4. The predicted octanol–water partition coefficient (Wildman–Crippen LogP) is 3.00. The van der Waals surface area contributed by atoms with Gasteiger partial charge in [-0.15, -0.1) is 0 Å². The molecule has 1 aromatic rings. The molecule has 1 aromatic carbocycles. The molecule has 0 saturated heterocycles. The Hall–Kier alpha value is -2.04. The predicted molar refractivity (Wildman–Crippen MR) is 96.0 cm³/mol. The fourth-order valence-corrected chi connectivity index (χ4v) is 3.00. The van der Waals surface area contributed by atoms with E-state index in [0.717, 1.165) is 42.6 Å². The minimum atomic E-state index is 0.00617. The number of benzene rings is 1. The minimum Gasteiger partial charge on any atom is -0.377 e. The van der Waals surface area contributed by atoms with E-state index in [0.29, 0.717) is 24.9 Å². The first-order valence-electron chi connectivity index (χ1n) is 8.90. The first kappa shape index (κ1) is 16.8. The van der Waals surface area contributed by atoms with Crippen LogP contribution in [-0.4, -0.2) is 36.9 Å². The van der Waals surface area contributed by atoms with Gasteiger partial charge in [-0.25, -0.2) is 0 Å². The van der Waals surface area contributed by atoms with Gasteiger partial charge in [0.05, 0.1) is 0 Å². The van der Waals surface area contributed by atoms with Crippen LogP contribution in [0.15, 0.2) is 18.2 Å². The van der Waals surface area contributed by atoms with Crippen LogP contribution in [0.2, 0.25) is 0 Å². The summed E-state index contributed by atoms with van der Waals surface area (Å²) in [6.07, 6.45) is 4.76. The molecule has 0 radical (unpaired) electrons. The Balaban J connectivity index is 1.83. The summed E-state index contributed by atoms with van der Waals surface area (Å²) < 4.78 is 0. The molecule has 2 saturated carbocycles. The van der Waals surface area contributed by atoms with E-state index >= 15 is 0 Å². The Kier molecular flexibility index (Phi) is 4.78. The Morgan fingerprint density at radius 2 is 1.88 bits per heavy atom. The van der Waals surface area contributed by atoms with Crippen LogP contribution >= 0.6 is 0 Å². The molecule has 0 unspecified atom stereocenters. The highest BCUT2D eigenvalue weighted by Gasteiger charge is 2.40. The summed E-state index contributed by atoms with van der Waals surface area (Å²) in [5, 5.41) is 2.92. The van der Waals surface area contributed by atoms with Gasteiger partial charge in [-0.3, -0.25) is 9.59 Å². The van der Waals surface area contributed by atoms with E-state index in [9.17, 15) is 9.59 Å². The molecule has 5 nitrogen and oxygen atoms in total. The highest BCUT2D eigenvalue weighted by Crippen LogP contribution is 2.38. The Morgan fingerprint density at radius 1 is 1.17 bits per heavy atom. The second-order valence-electron chi connectivity index (χ2n) is 7.11. The smallest absolute Gasteiger partial charge is 0.226 e. The first-order chi connectivity index (χ1) is 11.5. The fourth-order valence-electron chi connectivity index (χ4n) is 3.00. The summed E-state index contributed by atoms with van der Waals surface area (Å²) >= 11 is 0. The number of rotatable bonds is 7. The number of anilines is 2. The normalized spacial score (nSPS) is 16.6. The molecule has 24 heavy (non-hydrogen) atoms. The van der Waals surface area contributed by atoms with E-state index in [2.05, 4.69) is 15.1 Å². The van der Waals surface area contributed by atoms with Crippen LogP contribution in [0, 0.1) is 5.92 Å². The molecular formula is C19H27N3O2. The van der Waals surface area contributed by atoms with Gasteiger partial charge in [0.2, 0.25) is 11.8 Å². The van der Waals surface area contributed by atoms with Crippen LogP contribution < -0.4 is 10.2 Å². The Morgan fingerprint density at radius 3 is 2.42 bits per heavy atom. The highest BCUT2D eigenvalue weighted by molar-refractivity contribution is 5.91. The average Bonchev–Trinajstić information content (AvgIpc) is 3.44. The van der Waals surface area contributed by atoms with Gasteiger partial charge in [0.15, 0.2) is 0 Å². The van der Waals surface area contributed by atoms with Gasteiger partial charge < -0.3 is 15.1 Å². The zero-order valence-electron chi connectivity index (χ0n) is 14.8. The van der Waals surface area contributed by atoms with E-state index < -0.39 is 0 Å². The van der Waals surface area contributed by atoms with Crippen LogP contribution in [0.5, 0.6) is 0 Å². The van der Waals surface area contributed by atoms with E-state index in [4.69, 9.17) is 0 Å². The maximum atomic E-state index is 12.6. The van der Waals surface area contributed by atoms with Crippen molar-refractivity contribution in [3.05, 3.63) is 23.8 Å². The lowest BCUT2D eigenvalue weighted by atomic mass is 10.1. The van der Waals surface area contributed by atoms with E-state index in [1.165, 1.54) is 0 Å². The van der Waals surface area contributed by atoms with Crippen molar-refractivity contribution >= 4 is 23.2 Å². The molecule has 0 spiro atoms. The van der Waals surface area contributed by atoms with Crippen molar-refractivity contribution in [2.24, 2.45) is 5.92 Å². The number of amides is 2. The van der Waals surface area contributed by atoms with Gasteiger partial charge in [-0.1, -0.05) is 6.92 Å². The van der Waals surface area contributed by atoms with Gasteiger partial charge in [-0.2, -0.15) is 0 Å². The van der Waals surface area contributed by atoms with Gasteiger partial charge in [0.1, 0.15) is 0 Å². The number of hydrogen-bond donors (Lipinski definition) is 1. The van der Waals surface area contributed by atoms with Crippen LogP contribution in [0.4, 0.5) is 11.4 Å². The maximum absolute atomic E-state index is 12.6. The van der Waals surface area contributed by atoms with Crippen molar-refractivity contribution in [2.45, 2.75) is 51.6 Å². The summed E-state index contributed by atoms with van der Waals surface area (Å²) in [6.45, 7) is 2.47. The summed E-state index contributed by atoms with van der Waals surface area (Å²) in [5.41, 5.74) is 2.99. The Bertz CT molecular complexity index is 633. The first-order valence-corrected chi connectivity index (χ1v) is 8.90. The number of nitrogens with one attached hydrogen (secondary N) is 1. The summed E-state index contributed by atoms with van der Waals surface area (Å²) in [5.74, 6) is 0.563. The second-order valence-corrected chi connectivity index (χ2v) is 7.11. The van der Waals surface area contributed by atoms with Crippen molar-refractivity contribution in [1.29, 1.82) is 0 Å². The van der Waals surface area contributed by atoms with Crippen LogP contribution in [0.1, 0.15) is 44.6 Å². The number of carbonyl (C=O) groups is 2. The molecule has 3 rings (SSSR count). The molecular weight excluding hydrogens is 302 g/mol. The SMILES string of the molecule is CCC(=O)Nc1ccc(N(C)C)c(CN(C(=O)C2CC2)C2CC2)c1. The topological polar surface area (TPSA) is 52.7 Å². The van der Waals surface area contributed by atoms with Gasteiger partial charge in [-0.05, 0) is 49.4 Å². The van der Waals surface area contributed by atoms with Crippen molar-refractivity contribution in [3.8, 4) is 0 Å². The highest BCUT2D eigenvalue weighted by atomic mass is 16.2. The second kappa shape index (κ2) is 6.83. The van der Waals surface area contributed by atoms with Gasteiger partial charge in [0, 0.05) is 50.4 Å². The quantitative estimate of drug-likeness (QED) is 0.836. The molecule has 0 heterocycles. The van der Waals surface area contributed by atoms with Crippen molar-refractivity contribution < 1.29 is 9.59 Å². The average molecular weight is 329 g/mol.